The van der Waals surface area contributed by atoms with E-state index in [1.54, 1.807) is 6.20 Å². The molecule has 7 heteroatoms. The molecule has 0 bridgehead atoms. The molecule has 1 fully saturated rings. The van der Waals surface area contributed by atoms with E-state index in [0.717, 1.165) is 31.4 Å². The van der Waals surface area contributed by atoms with Crippen molar-refractivity contribution in [2.75, 3.05) is 0 Å². The SMILES string of the molecule is CC(NC(=O)c1ccc(=O)n(CC(=O)NC2CCCCC2)c1)c1ccccn1. The van der Waals surface area contributed by atoms with Crippen LogP contribution in [-0.4, -0.2) is 27.4 Å². The van der Waals surface area contributed by atoms with Gasteiger partial charge < -0.3 is 15.2 Å². The summed E-state index contributed by atoms with van der Waals surface area (Å²) in [5, 5.41) is 5.85. The van der Waals surface area contributed by atoms with Crippen molar-refractivity contribution in [3.8, 4) is 0 Å². The summed E-state index contributed by atoms with van der Waals surface area (Å²) < 4.78 is 1.28. The summed E-state index contributed by atoms with van der Waals surface area (Å²) in [6.45, 7) is 1.75. The summed E-state index contributed by atoms with van der Waals surface area (Å²) in [5.41, 5.74) is 0.761. The lowest BCUT2D eigenvalue weighted by Crippen LogP contribution is -2.40. The van der Waals surface area contributed by atoms with Crippen LogP contribution in [0.2, 0.25) is 0 Å². The minimum atomic E-state index is -0.320. The third kappa shape index (κ3) is 5.28. The molecule has 0 spiro atoms. The zero-order valence-electron chi connectivity index (χ0n) is 16.1. The minimum absolute atomic E-state index is 0.0910. The maximum Gasteiger partial charge on any atom is 0.253 e. The molecule has 2 amide bonds. The lowest BCUT2D eigenvalue weighted by atomic mass is 9.95. The predicted octanol–water partition coefficient (Wildman–Crippen LogP) is 2.18. The van der Waals surface area contributed by atoms with E-state index >= 15 is 0 Å². The number of hydrogen-bond acceptors (Lipinski definition) is 4. The Hall–Kier alpha value is -2.96. The molecular weight excluding hydrogens is 356 g/mol. The molecule has 148 valence electrons. The Morgan fingerprint density at radius 3 is 2.68 bits per heavy atom. The van der Waals surface area contributed by atoms with Gasteiger partial charge in [0, 0.05) is 24.5 Å². The van der Waals surface area contributed by atoms with Crippen LogP contribution in [0.25, 0.3) is 0 Å². The normalized spacial score (nSPS) is 15.6. The molecule has 1 unspecified atom stereocenters. The molecule has 0 aromatic carbocycles. The number of nitrogens with one attached hydrogen (secondary N) is 2. The molecule has 2 aromatic heterocycles. The smallest absolute Gasteiger partial charge is 0.253 e. The monoisotopic (exact) mass is 382 g/mol. The molecule has 2 aromatic rings. The van der Waals surface area contributed by atoms with E-state index in [4.69, 9.17) is 0 Å². The first-order valence-corrected chi connectivity index (χ1v) is 9.74. The number of amides is 2. The van der Waals surface area contributed by atoms with Crippen molar-refractivity contribution in [3.05, 3.63) is 64.3 Å². The summed E-state index contributed by atoms with van der Waals surface area (Å²) >= 11 is 0. The van der Waals surface area contributed by atoms with Crippen LogP contribution >= 0.6 is 0 Å². The molecule has 1 aliphatic carbocycles. The first-order chi connectivity index (χ1) is 13.5. The van der Waals surface area contributed by atoms with Crippen LogP contribution in [-0.2, 0) is 11.3 Å². The Morgan fingerprint density at radius 2 is 1.96 bits per heavy atom. The molecule has 1 aliphatic rings. The average molecular weight is 382 g/mol. The highest BCUT2D eigenvalue weighted by Gasteiger charge is 2.17. The standard InChI is InChI=1S/C21H26N4O3/c1-15(18-9-5-6-12-22-18)23-21(28)16-10-11-20(27)25(13-16)14-19(26)24-17-7-3-2-4-8-17/h5-6,9-13,15,17H,2-4,7-8,14H2,1H3,(H,23,28)(H,24,26). The van der Waals surface area contributed by atoms with Gasteiger partial charge in [-0.1, -0.05) is 25.3 Å². The van der Waals surface area contributed by atoms with Crippen LogP contribution in [0.5, 0.6) is 0 Å². The molecule has 2 heterocycles. The first kappa shape index (κ1) is 19.8. The number of hydrogen-bond donors (Lipinski definition) is 2. The van der Waals surface area contributed by atoms with Gasteiger partial charge in [0.25, 0.3) is 11.5 Å². The summed E-state index contributed by atoms with van der Waals surface area (Å²) in [7, 11) is 0. The molecule has 0 saturated heterocycles. The maximum absolute atomic E-state index is 12.5. The topological polar surface area (TPSA) is 93.1 Å². The molecule has 2 N–H and O–H groups in total. The number of carbonyl (C=O) groups excluding carboxylic acids is 2. The fourth-order valence-corrected chi connectivity index (χ4v) is 3.45. The molecule has 3 rings (SSSR count). The van der Waals surface area contributed by atoms with Gasteiger partial charge in [-0.25, -0.2) is 0 Å². The van der Waals surface area contributed by atoms with Crippen LogP contribution in [0, 0.1) is 0 Å². The highest BCUT2D eigenvalue weighted by molar-refractivity contribution is 5.94. The van der Waals surface area contributed by atoms with Gasteiger partial charge >= 0.3 is 0 Å². The summed E-state index contributed by atoms with van der Waals surface area (Å²) in [6.07, 6.45) is 8.51. The van der Waals surface area contributed by atoms with E-state index < -0.39 is 0 Å². The van der Waals surface area contributed by atoms with E-state index in [2.05, 4.69) is 15.6 Å². The van der Waals surface area contributed by atoms with E-state index in [1.165, 1.54) is 29.3 Å². The highest BCUT2D eigenvalue weighted by atomic mass is 16.2. The molecule has 1 saturated carbocycles. The van der Waals surface area contributed by atoms with Crippen molar-refractivity contribution in [1.82, 2.24) is 20.2 Å². The first-order valence-electron chi connectivity index (χ1n) is 9.74. The third-order valence-corrected chi connectivity index (χ3v) is 5.01. The number of aromatic nitrogens is 2. The van der Waals surface area contributed by atoms with E-state index in [1.807, 2.05) is 25.1 Å². The van der Waals surface area contributed by atoms with Gasteiger partial charge in [0.05, 0.1) is 17.3 Å². The van der Waals surface area contributed by atoms with Crippen LogP contribution in [0.4, 0.5) is 0 Å². The molecular formula is C21H26N4O3. The van der Waals surface area contributed by atoms with Gasteiger partial charge in [0.2, 0.25) is 5.91 Å². The zero-order valence-corrected chi connectivity index (χ0v) is 16.1. The second-order valence-electron chi connectivity index (χ2n) is 7.24. The fourth-order valence-electron chi connectivity index (χ4n) is 3.45. The van der Waals surface area contributed by atoms with Crippen LogP contribution < -0.4 is 16.2 Å². The largest absolute Gasteiger partial charge is 0.352 e. The molecule has 28 heavy (non-hydrogen) atoms. The van der Waals surface area contributed by atoms with Crippen molar-refractivity contribution in [2.45, 2.75) is 57.7 Å². The Balaban J connectivity index is 1.64. The van der Waals surface area contributed by atoms with Crippen molar-refractivity contribution in [1.29, 1.82) is 0 Å². The number of nitrogens with zero attached hydrogens (tertiary/aromatic N) is 2. The Kier molecular flexibility index (Phi) is 6.57. The molecule has 0 aliphatic heterocycles. The van der Waals surface area contributed by atoms with Gasteiger partial charge in [-0.3, -0.25) is 19.4 Å². The van der Waals surface area contributed by atoms with Gasteiger partial charge in [-0.05, 0) is 38.0 Å². The minimum Gasteiger partial charge on any atom is -0.352 e. The quantitative estimate of drug-likeness (QED) is 0.801. The Morgan fingerprint density at radius 1 is 1.18 bits per heavy atom. The second kappa shape index (κ2) is 9.30. The average Bonchev–Trinajstić information content (AvgIpc) is 2.71. The summed E-state index contributed by atoms with van der Waals surface area (Å²) in [5.74, 6) is -0.520. The van der Waals surface area contributed by atoms with Gasteiger partial charge in [-0.2, -0.15) is 0 Å². The summed E-state index contributed by atoms with van der Waals surface area (Å²) in [4.78, 5) is 41.2. The van der Waals surface area contributed by atoms with Crippen molar-refractivity contribution in [3.63, 3.8) is 0 Å². The Labute approximate surface area is 164 Å². The third-order valence-electron chi connectivity index (χ3n) is 5.01. The van der Waals surface area contributed by atoms with E-state index in [0.29, 0.717) is 5.56 Å². The number of carbonyl (C=O) groups is 2. The summed E-state index contributed by atoms with van der Waals surface area (Å²) in [6, 6.07) is 8.20. The zero-order chi connectivity index (χ0) is 19.9. The predicted molar refractivity (Wildman–Crippen MR) is 106 cm³/mol. The van der Waals surface area contributed by atoms with Crippen molar-refractivity contribution < 1.29 is 9.59 Å². The molecule has 1 atom stereocenters. The Bertz CT molecular complexity index is 873. The molecule has 7 nitrogen and oxygen atoms in total. The van der Waals surface area contributed by atoms with Crippen LogP contribution in [0.1, 0.15) is 61.1 Å². The number of pyridine rings is 2. The van der Waals surface area contributed by atoms with Crippen LogP contribution in [0.3, 0.4) is 0 Å². The lowest BCUT2D eigenvalue weighted by molar-refractivity contribution is -0.122. The molecule has 0 radical (unpaired) electrons. The van der Waals surface area contributed by atoms with Crippen LogP contribution in [0.15, 0.2) is 47.5 Å². The van der Waals surface area contributed by atoms with Gasteiger partial charge in [0.15, 0.2) is 0 Å². The second-order valence-corrected chi connectivity index (χ2v) is 7.24. The van der Waals surface area contributed by atoms with E-state index in [9.17, 15) is 14.4 Å². The van der Waals surface area contributed by atoms with Gasteiger partial charge in [0.1, 0.15) is 6.54 Å². The van der Waals surface area contributed by atoms with Gasteiger partial charge in [-0.15, -0.1) is 0 Å². The fraction of sp³-hybridized carbons (Fsp3) is 0.429. The van der Waals surface area contributed by atoms with Crippen molar-refractivity contribution in [2.24, 2.45) is 0 Å². The maximum atomic E-state index is 12.5. The number of rotatable bonds is 6. The van der Waals surface area contributed by atoms with E-state index in [-0.39, 0.29) is 36.0 Å². The van der Waals surface area contributed by atoms with Crippen molar-refractivity contribution >= 4 is 11.8 Å². The lowest BCUT2D eigenvalue weighted by Gasteiger charge is -2.23. The highest BCUT2D eigenvalue weighted by Crippen LogP contribution is 2.17.